The Hall–Kier alpha value is 0.190. The summed E-state index contributed by atoms with van der Waals surface area (Å²) in [7, 11) is 0. The maximum Gasteiger partial charge on any atom is 0.162 e. The Morgan fingerprint density at radius 2 is 2.00 bits per heavy atom. The largest absolute Gasteiger partial charge is 0.396 e. The predicted molar refractivity (Wildman–Crippen MR) is 66.8 cm³/mol. The van der Waals surface area contributed by atoms with Gasteiger partial charge in [0.2, 0.25) is 0 Å². The molecule has 4 nitrogen and oxygen atoms in total. The first-order chi connectivity index (χ1) is 7.64. The molecule has 1 heterocycles. The van der Waals surface area contributed by atoms with Crippen LogP contribution >= 0.6 is 11.8 Å². The minimum absolute atomic E-state index is 0.291. The van der Waals surface area contributed by atoms with Crippen molar-refractivity contribution in [2.24, 2.45) is 0 Å². The highest BCUT2D eigenvalue weighted by Crippen LogP contribution is 2.16. The predicted octanol–water partition coefficient (Wildman–Crippen LogP) is 0.843. The van der Waals surface area contributed by atoms with Crippen LogP contribution < -0.4 is 5.32 Å². The molecule has 0 saturated carbocycles. The van der Waals surface area contributed by atoms with Gasteiger partial charge in [-0.1, -0.05) is 0 Å². The van der Waals surface area contributed by atoms with Crippen molar-refractivity contribution in [3.8, 4) is 0 Å². The summed E-state index contributed by atoms with van der Waals surface area (Å²) in [6.45, 7) is 6.57. The first-order valence-electron chi connectivity index (χ1n) is 5.84. The van der Waals surface area contributed by atoms with Crippen LogP contribution in [0.4, 0.5) is 0 Å². The lowest BCUT2D eigenvalue weighted by Gasteiger charge is -2.35. The molecule has 5 heteroatoms. The maximum absolute atomic E-state index is 8.61. The van der Waals surface area contributed by atoms with Crippen LogP contribution in [0.5, 0.6) is 0 Å². The molecule has 16 heavy (non-hydrogen) atoms. The van der Waals surface area contributed by atoms with Crippen molar-refractivity contribution in [2.45, 2.75) is 32.1 Å². The highest BCUT2D eigenvalue weighted by Gasteiger charge is 2.27. The van der Waals surface area contributed by atoms with Gasteiger partial charge in [-0.25, -0.2) is 0 Å². The van der Waals surface area contributed by atoms with Crippen molar-refractivity contribution in [3.05, 3.63) is 0 Å². The first-order valence-corrected chi connectivity index (χ1v) is 6.99. The lowest BCUT2D eigenvalue weighted by atomic mass is 10.2. The Balaban J connectivity index is 1.94. The molecule has 1 aliphatic heterocycles. The number of nitrogens with one attached hydrogen (secondary N) is 1. The van der Waals surface area contributed by atoms with E-state index in [1.54, 1.807) is 0 Å². The van der Waals surface area contributed by atoms with E-state index in [-0.39, 0.29) is 0 Å². The zero-order chi connectivity index (χ0) is 11.9. The Bertz CT molecular complexity index is 180. The molecule has 0 amide bonds. The average Bonchev–Trinajstić information content (AvgIpc) is 2.25. The van der Waals surface area contributed by atoms with Gasteiger partial charge in [0.05, 0.1) is 19.3 Å². The van der Waals surface area contributed by atoms with Crippen molar-refractivity contribution < 1.29 is 14.6 Å². The number of ether oxygens (including phenoxy) is 2. The molecule has 1 aliphatic rings. The second-order valence-corrected chi connectivity index (χ2v) is 5.59. The SMILES string of the molecule is CC1(C)OCC(NCCSCCCO)CO1. The average molecular weight is 249 g/mol. The third-order valence-corrected chi connectivity index (χ3v) is 3.46. The van der Waals surface area contributed by atoms with Gasteiger partial charge in [-0.3, -0.25) is 0 Å². The molecular weight excluding hydrogens is 226 g/mol. The van der Waals surface area contributed by atoms with E-state index in [9.17, 15) is 0 Å². The first kappa shape index (κ1) is 14.3. The zero-order valence-corrected chi connectivity index (χ0v) is 11.0. The topological polar surface area (TPSA) is 50.7 Å². The molecule has 0 aromatic carbocycles. The number of rotatable bonds is 7. The van der Waals surface area contributed by atoms with Crippen LogP contribution in [0, 0.1) is 0 Å². The van der Waals surface area contributed by atoms with E-state index in [4.69, 9.17) is 14.6 Å². The third kappa shape index (κ3) is 6.06. The van der Waals surface area contributed by atoms with Gasteiger partial charge < -0.3 is 19.9 Å². The van der Waals surface area contributed by atoms with Gasteiger partial charge in [-0.2, -0.15) is 11.8 Å². The second kappa shape index (κ2) is 7.50. The molecule has 0 unspecified atom stereocenters. The van der Waals surface area contributed by atoms with E-state index in [0.29, 0.717) is 25.9 Å². The summed E-state index contributed by atoms with van der Waals surface area (Å²) in [5.41, 5.74) is 0. The summed E-state index contributed by atoms with van der Waals surface area (Å²) in [5, 5.41) is 12.0. The quantitative estimate of drug-likeness (QED) is 0.655. The number of hydrogen-bond donors (Lipinski definition) is 2. The zero-order valence-electron chi connectivity index (χ0n) is 10.2. The second-order valence-electron chi connectivity index (χ2n) is 4.36. The molecule has 0 bridgehead atoms. The van der Waals surface area contributed by atoms with Crippen molar-refractivity contribution >= 4 is 11.8 Å². The van der Waals surface area contributed by atoms with Gasteiger partial charge in [0.15, 0.2) is 5.79 Å². The lowest BCUT2D eigenvalue weighted by molar-refractivity contribution is -0.252. The van der Waals surface area contributed by atoms with Gasteiger partial charge in [0.1, 0.15) is 0 Å². The molecule has 1 saturated heterocycles. The van der Waals surface area contributed by atoms with E-state index in [1.807, 2.05) is 25.6 Å². The summed E-state index contributed by atoms with van der Waals surface area (Å²) in [6.07, 6.45) is 0.883. The normalized spacial score (nSPS) is 21.2. The third-order valence-electron chi connectivity index (χ3n) is 2.39. The van der Waals surface area contributed by atoms with Crippen LogP contribution in [-0.4, -0.2) is 54.8 Å². The van der Waals surface area contributed by atoms with E-state index >= 15 is 0 Å². The van der Waals surface area contributed by atoms with Crippen LogP contribution in [0.3, 0.4) is 0 Å². The van der Waals surface area contributed by atoms with Gasteiger partial charge in [-0.15, -0.1) is 0 Å². The molecule has 0 aromatic heterocycles. The van der Waals surface area contributed by atoms with Gasteiger partial charge in [-0.05, 0) is 26.0 Å². The summed E-state index contributed by atoms with van der Waals surface area (Å²) >= 11 is 1.86. The summed E-state index contributed by atoms with van der Waals surface area (Å²) in [6, 6.07) is 0.312. The molecule has 0 radical (unpaired) electrons. The summed E-state index contributed by atoms with van der Waals surface area (Å²) in [4.78, 5) is 0. The van der Waals surface area contributed by atoms with Crippen molar-refractivity contribution in [3.63, 3.8) is 0 Å². The molecule has 0 aromatic rings. The summed E-state index contributed by atoms with van der Waals surface area (Å²) < 4.78 is 11.1. The van der Waals surface area contributed by atoms with Crippen LogP contribution in [0.1, 0.15) is 20.3 Å². The molecule has 0 spiro atoms. The van der Waals surface area contributed by atoms with E-state index < -0.39 is 5.79 Å². The van der Waals surface area contributed by atoms with Gasteiger partial charge in [0, 0.05) is 18.9 Å². The standard InChI is InChI=1S/C11H23NO3S/c1-11(2)14-8-10(9-15-11)12-4-7-16-6-3-5-13/h10,12-13H,3-9H2,1-2H3. The Morgan fingerprint density at radius 3 is 2.62 bits per heavy atom. The van der Waals surface area contributed by atoms with Crippen molar-refractivity contribution in [1.82, 2.24) is 5.32 Å². The van der Waals surface area contributed by atoms with Crippen LogP contribution in [0.15, 0.2) is 0 Å². The molecule has 1 rings (SSSR count). The minimum atomic E-state index is -0.423. The van der Waals surface area contributed by atoms with Crippen LogP contribution in [-0.2, 0) is 9.47 Å². The van der Waals surface area contributed by atoms with E-state index in [0.717, 1.165) is 24.5 Å². The molecular formula is C11H23NO3S. The van der Waals surface area contributed by atoms with E-state index in [2.05, 4.69) is 5.32 Å². The molecule has 1 fully saturated rings. The van der Waals surface area contributed by atoms with Crippen LogP contribution in [0.25, 0.3) is 0 Å². The fourth-order valence-corrected chi connectivity index (χ4v) is 2.21. The van der Waals surface area contributed by atoms with Crippen molar-refractivity contribution in [1.29, 1.82) is 0 Å². The summed E-state index contributed by atoms with van der Waals surface area (Å²) in [5.74, 6) is 1.68. The number of hydrogen-bond acceptors (Lipinski definition) is 5. The Kier molecular flexibility index (Phi) is 6.68. The number of aliphatic hydroxyl groups is 1. The molecule has 0 atom stereocenters. The fourth-order valence-electron chi connectivity index (χ4n) is 1.41. The van der Waals surface area contributed by atoms with Gasteiger partial charge in [0.25, 0.3) is 0 Å². The maximum atomic E-state index is 8.61. The fraction of sp³-hybridized carbons (Fsp3) is 1.00. The van der Waals surface area contributed by atoms with Gasteiger partial charge >= 0.3 is 0 Å². The molecule has 0 aliphatic carbocycles. The molecule has 2 N–H and O–H groups in total. The Labute approximate surface area is 102 Å². The number of aliphatic hydroxyl groups excluding tert-OH is 1. The highest BCUT2D eigenvalue weighted by atomic mass is 32.2. The van der Waals surface area contributed by atoms with E-state index in [1.165, 1.54) is 0 Å². The van der Waals surface area contributed by atoms with Crippen LogP contribution in [0.2, 0.25) is 0 Å². The lowest BCUT2D eigenvalue weighted by Crippen LogP contribution is -2.49. The Morgan fingerprint density at radius 1 is 1.31 bits per heavy atom. The highest BCUT2D eigenvalue weighted by molar-refractivity contribution is 7.99. The minimum Gasteiger partial charge on any atom is -0.396 e. The molecule has 96 valence electrons. The number of thioether (sulfide) groups is 1. The van der Waals surface area contributed by atoms with Crippen molar-refractivity contribution in [2.75, 3.05) is 37.9 Å². The smallest absolute Gasteiger partial charge is 0.162 e. The monoisotopic (exact) mass is 249 g/mol.